The Hall–Kier alpha value is -4.05. The third-order valence-corrected chi connectivity index (χ3v) is 5.65. The highest BCUT2D eigenvalue weighted by Gasteiger charge is 2.38. The summed E-state index contributed by atoms with van der Waals surface area (Å²) in [5.41, 5.74) is 2.20. The highest BCUT2D eigenvalue weighted by atomic mass is 19.3. The Morgan fingerprint density at radius 2 is 1.82 bits per heavy atom. The molecule has 5 rings (SSSR count). The number of nitrogens with zero attached hydrogens (tertiary/aromatic N) is 4. The molecule has 2 atom stereocenters. The molecule has 172 valence electrons. The number of amides is 1. The Kier molecular flexibility index (Phi) is 5.58. The topological polar surface area (TPSA) is 92.4 Å². The first-order valence-electron chi connectivity index (χ1n) is 10.3. The summed E-state index contributed by atoms with van der Waals surface area (Å²) in [6.07, 6.45) is -2.53. The van der Waals surface area contributed by atoms with Gasteiger partial charge < -0.3 is 14.4 Å². The lowest BCUT2D eigenvalue weighted by Crippen LogP contribution is -2.34. The molecule has 1 amide bonds. The molecule has 10 heteroatoms. The van der Waals surface area contributed by atoms with Crippen LogP contribution >= 0.6 is 0 Å². The van der Waals surface area contributed by atoms with Gasteiger partial charge in [0.25, 0.3) is 11.8 Å². The van der Waals surface area contributed by atoms with E-state index in [1.54, 1.807) is 36.5 Å². The van der Waals surface area contributed by atoms with Crippen LogP contribution in [-0.4, -0.2) is 31.1 Å². The zero-order chi connectivity index (χ0) is 23.8. The summed E-state index contributed by atoms with van der Waals surface area (Å²) in [7, 11) is 0. The SMILES string of the molecule is O=C1c2cc(-c3nnc(C(F)F)o3)ccc2CN1C(c1ccccn1)C(O)c1ccc(F)cc1. The Bertz CT molecular complexity index is 1330. The molecule has 2 aromatic heterocycles. The number of aliphatic hydroxyl groups is 1. The Labute approximate surface area is 191 Å². The second-order valence-corrected chi connectivity index (χ2v) is 7.75. The predicted molar refractivity (Wildman–Crippen MR) is 113 cm³/mol. The van der Waals surface area contributed by atoms with E-state index in [1.807, 2.05) is 0 Å². The molecule has 34 heavy (non-hydrogen) atoms. The fraction of sp³-hybridized carbons (Fsp3) is 0.167. The first kappa shape index (κ1) is 21.8. The molecule has 1 aliphatic rings. The van der Waals surface area contributed by atoms with E-state index in [2.05, 4.69) is 15.2 Å². The van der Waals surface area contributed by atoms with Crippen LogP contribution in [0.25, 0.3) is 11.5 Å². The standard InChI is InChI=1S/C24H17F3N4O3/c25-16-8-6-13(7-9-16)20(32)19(18-3-1-2-10-28-18)31-12-15-5-4-14(11-17(15)24(31)33)22-29-30-23(34-22)21(26)27/h1-11,19-21,32H,12H2. The van der Waals surface area contributed by atoms with Crippen molar-refractivity contribution in [3.05, 3.63) is 101 Å². The van der Waals surface area contributed by atoms with Gasteiger partial charge in [-0.05, 0) is 47.5 Å². The minimum Gasteiger partial charge on any atom is -0.415 e. The van der Waals surface area contributed by atoms with Gasteiger partial charge in [-0.3, -0.25) is 9.78 Å². The molecule has 3 heterocycles. The van der Waals surface area contributed by atoms with Gasteiger partial charge in [0.1, 0.15) is 18.0 Å². The van der Waals surface area contributed by atoms with Gasteiger partial charge in [-0.25, -0.2) is 4.39 Å². The van der Waals surface area contributed by atoms with Gasteiger partial charge in [-0.2, -0.15) is 8.78 Å². The third-order valence-electron chi connectivity index (χ3n) is 5.65. The van der Waals surface area contributed by atoms with Gasteiger partial charge in [-0.1, -0.05) is 24.3 Å². The van der Waals surface area contributed by atoms with Crippen molar-refractivity contribution in [2.75, 3.05) is 0 Å². The Morgan fingerprint density at radius 1 is 1.03 bits per heavy atom. The summed E-state index contributed by atoms with van der Waals surface area (Å²) in [5.74, 6) is -1.76. The zero-order valence-corrected chi connectivity index (χ0v) is 17.5. The number of halogens is 3. The molecule has 4 aromatic rings. The Balaban J connectivity index is 1.50. The van der Waals surface area contributed by atoms with Crippen LogP contribution in [0, 0.1) is 5.82 Å². The molecular weight excluding hydrogens is 449 g/mol. The number of aliphatic hydroxyl groups excluding tert-OH is 1. The van der Waals surface area contributed by atoms with E-state index < -0.39 is 30.3 Å². The number of benzene rings is 2. The van der Waals surface area contributed by atoms with Crippen molar-refractivity contribution < 1.29 is 27.5 Å². The molecule has 0 radical (unpaired) electrons. The average molecular weight is 466 g/mol. The van der Waals surface area contributed by atoms with Gasteiger partial charge in [0.15, 0.2) is 0 Å². The lowest BCUT2D eigenvalue weighted by molar-refractivity contribution is 0.0347. The quantitative estimate of drug-likeness (QED) is 0.445. The number of hydrogen-bond acceptors (Lipinski definition) is 6. The van der Waals surface area contributed by atoms with E-state index in [4.69, 9.17) is 4.42 Å². The van der Waals surface area contributed by atoms with E-state index in [9.17, 15) is 23.1 Å². The first-order chi connectivity index (χ1) is 16.4. The van der Waals surface area contributed by atoms with Gasteiger partial charge in [0, 0.05) is 23.9 Å². The monoisotopic (exact) mass is 466 g/mol. The predicted octanol–water partition coefficient (Wildman–Crippen LogP) is 4.64. The van der Waals surface area contributed by atoms with E-state index >= 15 is 0 Å². The van der Waals surface area contributed by atoms with Crippen LogP contribution in [0.3, 0.4) is 0 Å². The number of pyridine rings is 1. The maximum absolute atomic E-state index is 13.4. The number of alkyl halides is 2. The molecule has 0 saturated heterocycles. The maximum Gasteiger partial charge on any atom is 0.314 e. The lowest BCUT2D eigenvalue weighted by atomic mass is 9.97. The minimum absolute atomic E-state index is 0.128. The molecule has 2 unspecified atom stereocenters. The summed E-state index contributed by atoms with van der Waals surface area (Å²) in [5, 5.41) is 18.2. The number of aromatic nitrogens is 3. The molecule has 0 fully saturated rings. The van der Waals surface area contributed by atoms with E-state index in [0.717, 1.165) is 0 Å². The lowest BCUT2D eigenvalue weighted by Gasteiger charge is -2.31. The smallest absolute Gasteiger partial charge is 0.314 e. The molecule has 7 nitrogen and oxygen atoms in total. The number of carbonyl (C=O) groups is 1. The summed E-state index contributed by atoms with van der Waals surface area (Å²) in [6, 6.07) is 14.5. The number of hydrogen-bond donors (Lipinski definition) is 1. The molecule has 1 aliphatic heterocycles. The third kappa shape index (κ3) is 3.92. The van der Waals surface area contributed by atoms with Crippen LogP contribution in [0.2, 0.25) is 0 Å². The second kappa shape index (κ2) is 8.71. The van der Waals surface area contributed by atoms with Crippen LogP contribution < -0.4 is 0 Å². The minimum atomic E-state index is -2.90. The van der Waals surface area contributed by atoms with Crippen LogP contribution in [0.5, 0.6) is 0 Å². The Morgan fingerprint density at radius 3 is 2.50 bits per heavy atom. The van der Waals surface area contributed by atoms with Crippen molar-refractivity contribution in [1.82, 2.24) is 20.1 Å². The first-order valence-corrected chi connectivity index (χ1v) is 10.3. The highest BCUT2D eigenvalue weighted by molar-refractivity contribution is 5.99. The van der Waals surface area contributed by atoms with Crippen molar-refractivity contribution in [3.8, 4) is 11.5 Å². The largest absolute Gasteiger partial charge is 0.415 e. The summed E-state index contributed by atoms with van der Waals surface area (Å²) < 4.78 is 44.0. The van der Waals surface area contributed by atoms with Gasteiger partial charge in [0.2, 0.25) is 5.89 Å². The average Bonchev–Trinajstić information content (AvgIpc) is 3.46. The molecular formula is C24H17F3N4O3. The van der Waals surface area contributed by atoms with Crippen LogP contribution in [-0.2, 0) is 6.54 Å². The van der Waals surface area contributed by atoms with Gasteiger partial charge in [-0.15, -0.1) is 10.2 Å². The van der Waals surface area contributed by atoms with Crippen LogP contribution in [0.1, 0.15) is 51.6 Å². The van der Waals surface area contributed by atoms with Gasteiger partial charge in [0.05, 0.1) is 5.69 Å². The second-order valence-electron chi connectivity index (χ2n) is 7.75. The van der Waals surface area contributed by atoms with Crippen LogP contribution in [0.4, 0.5) is 13.2 Å². The fourth-order valence-electron chi connectivity index (χ4n) is 4.01. The molecule has 0 spiro atoms. The summed E-state index contributed by atoms with van der Waals surface area (Å²) in [4.78, 5) is 19.3. The molecule has 0 bridgehead atoms. The number of fused-ring (bicyclic) bond motifs is 1. The zero-order valence-electron chi connectivity index (χ0n) is 17.5. The van der Waals surface area contributed by atoms with E-state index in [-0.39, 0.29) is 18.3 Å². The summed E-state index contributed by atoms with van der Waals surface area (Å²) >= 11 is 0. The maximum atomic E-state index is 13.4. The van der Waals surface area contributed by atoms with Crippen molar-refractivity contribution in [2.45, 2.75) is 25.1 Å². The molecule has 0 saturated carbocycles. The van der Waals surface area contributed by atoms with Gasteiger partial charge >= 0.3 is 6.43 Å². The van der Waals surface area contributed by atoms with Crippen molar-refractivity contribution in [1.29, 1.82) is 0 Å². The van der Waals surface area contributed by atoms with Crippen molar-refractivity contribution in [3.63, 3.8) is 0 Å². The van der Waals surface area contributed by atoms with Crippen LogP contribution in [0.15, 0.2) is 71.3 Å². The van der Waals surface area contributed by atoms with E-state index in [0.29, 0.717) is 27.9 Å². The highest BCUT2D eigenvalue weighted by Crippen LogP contribution is 2.39. The molecule has 1 N–H and O–H groups in total. The fourth-order valence-corrected chi connectivity index (χ4v) is 4.01. The number of rotatable bonds is 6. The van der Waals surface area contributed by atoms with E-state index in [1.165, 1.54) is 35.2 Å². The number of carbonyl (C=O) groups excluding carboxylic acids is 1. The molecule has 2 aromatic carbocycles. The summed E-state index contributed by atoms with van der Waals surface area (Å²) in [6.45, 7) is 0.181. The van der Waals surface area contributed by atoms with Crippen molar-refractivity contribution >= 4 is 5.91 Å². The molecule has 0 aliphatic carbocycles. The normalized spacial score (nSPS) is 15.0. The van der Waals surface area contributed by atoms with Crippen molar-refractivity contribution in [2.24, 2.45) is 0 Å².